The maximum atomic E-state index is 11.1. The zero-order valence-corrected chi connectivity index (χ0v) is 10.9. The highest BCUT2D eigenvalue weighted by Crippen LogP contribution is 2.19. The molecule has 1 aromatic rings. The number of aromatic nitrogens is 2. The number of carboxylic acids is 1. The number of hydrogen-bond donors (Lipinski definition) is 1. The van der Waals surface area contributed by atoms with Crippen LogP contribution in [0.15, 0.2) is 6.20 Å². The van der Waals surface area contributed by atoms with Gasteiger partial charge in [-0.15, -0.1) is 0 Å². The van der Waals surface area contributed by atoms with Gasteiger partial charge in [0.15, 0.2) is 0 Å². The molecule has 0 fully saturated rings. The summed E-state index contributed by atoms with van der Waals surface area (Å²) in [6.07, 6.45) is 2.41. The second kappa shape index (κ2) is 4.87. The summed E-state index contributed by atoms with van der Waals surface area (Å²) in [6, 6.07) is 0. The summed E-state index contributed by atoms with van der Waals surface area (Å²) < 4.78 is 23.6. The van der Waals surface area contributed by atoms with E-state index in [1.165, 1.54) is 10.9 Å². The van der Waals surface area contributed by atoms with E-state index in [4.69, 9.17) is 5.11 Å². The van der Waals surface area contributed by atoms with E-state index in [1.807, 2.05) is 13.8 Å². The fraction of sp³-hybridized carbons (Fsp3) is 0.600. The highest BCUT2D eigenvalue weighted by Gasteiger charge is 2.19. The van der Waals surface area contributed by atoms with E-state index in [1.54, 1.807) is 0 Å². The average molecular weight is 260 g/mol. The van der Waals surface area contributed by atoms with Crippen molar-refractivity contribution in [3.63, 3.8) is 0 Å². The second-order valence-corrected chi connectivity index (χ2v) is 6.52. The highest BCUT2D eigenvalue weighted by molar-refractivity contribution is 7.90. The molecule has 0 aromatic carbocycles. The van der Waals surface area contributed by atoms with Crippen LogP contribution in [-0.4, -0.2) is 41.3 Å². The predicted molar refractivity (Wildman–Crippen MR) is 63.0 cm³/mol. The van der Waals surface area contributed by atoms with Crippen LogP contribution in [0.3, 0.4) is 0 Å². The summed E-state index contributed by atoms with van der Waals surface area (Å²) in [5, 5.41) is 12.9. The molecule has 0 spiro atoms. The largest absolute Gasteiger partial charge is 0.478 e. The normalized spacial score (nSPS) is 12.0. The van der Waals surface area contributed by atoms with Crippen LogP contribution in [-0.2, 0) is 16.4 Å². The van der Waals surface area contributed by atoms with Crippen LogP contribution in [0.25, 0.3) is 0 Å². The summed E-state index contributed by atoms with van der Waals surface area (Å²) in [5.74, 6) is -1.12. The Balaban J connectivity index is 3.05. The van der Waals surface area contributed by atoms with Crippen molar-refractivity contribution in [1.29, 1.82) is 0 Å². The number of aromatic carboxylic acids is 1. The first-order valence-corrected chi connectivity index (χ1v) is 7.25. The Labute approximate surface area is 100 Å². The number of carboxylic acid groups (broad SMARTS) is 1. The van der Waals surface area contributed by atoms with E-state index in [9.17, 15) is 13.2 Å². The summed E-state index contributed by atoms with van der Waals surface area (Å²) in [7, 11) is -3.08. The first kappa shape index (κ1) is 13.7. The maximum absolute atomic E-state index is 11.1. The van der Waals surface area contributed by atoms with Crippen molar-refractivity contribution in [1.82, 2.24) is 9.78 Å². The number of aryl methyl sites for hydroxylation is 1. The van der Waals surface area contributed by atoms with Gasteiger partial charge >= 0.3 is 5.97 Å². The smallest absolute Gasteiger partial charge is 0.339 e. The molecule has 0 unspecified atom stereocenters. The second-order valence-electron chi connectivity index (χ2n) is 4.26. The van der Waals surface area contributed by atoms with E-state index in [0.717, 1.165) is 6.26 Å². The highest BCUT2D eigenvalue weighted by atomic mass is 32.2. The Bertz CT molecular complexity index is 516. The molecule has 0 atom stereocenters. The van der Waals surface area contributed by atoms with Crippen molar-refractivity contribution in [2.75, 3.05) is 12.0 Å². The molecule has 1 N–H and O–H groups in total. The topological polar surface area (TPSA) is 89.3 Å². The number of hydrogen-bond acceptors (Lipinski definition) is 4. The van der Waals surface area contributed by atoms with Gasteiger partial charge in [0.25, 0.3) is 0 Å². The van der Waals surface area contributed by atoms with Crippen LogP contribution in [0.1, 0.15) is 35.8 Å². The SMILES string of the molecule is CC(C)c1c(C(=O)O)cnn1CCS(C)(=O)=O. The number of rotatable bonds is 5. The van der Waals surface area contributed by atoms with Gasteiger partial charge in [-0.3, -0.25) is 4.68 Å². The number of carbonyl (C=O) groups is 1. The minimum Gasteiger partial charge on any atom is -0.478 e. The van der Waals surface area contributed by atoms with Crippen LogP contribution in [0, 0.1) is 0 Å². The zero-order chi connectivity index (χ0) is 13.2. The van der Waals surface area contributed by atoms with Crippen LogP contribution in [0.5, 0.6) is 0 Å². The van der Waals surface area contributed by atoms with E-state index >= 15 is 0 Å². The van der Waals surface area contributed by atoms with Gasteiger partial charge in [-0.2, -0.15) is 5.10 Å². The standard InChI is InChI=1S/C10H16N2O4S/c1-7(2)9-8(10(13)14)6-11-12(9)4-5-17(3,15)16/h6-7H,4-5H2,1-3H3,(H,13,14). The Morgan fingerprint density at radius 3 is 2.53 bits per heavy atom. The Hall–Kier alpha value is -1.37. The molecule has 1 aromatic heterocycles. The van der Waals surface area contributed by atoms with Gasteiger partial charge in [-0.1, -0.05) is 13.8 Å². The fourth-order valence-corrected chi connectivity index (χ4v) is 2.10. The van der Waals surface area contributed by atoms with E-state index in [2.05, 4.69) is 5.10 Å². The summed E-state index contributed by atoms with van der Waals surface area (Å²) >= 11 is 0. The minimum atomic E-state index is -3.08. The molecule has 1 rings (SSSR count). The van der Waals surface area contributed by atoms with Crippen LogP contribution < -0.4 is 0 Å². The lowest BCUT2D eigenvalue weighted by Crippen LogP contribution is -2.16. The van der Waals surface area contributed by atoms with Gasteiger partial charge in [0.2, 0.25) is 0 Å². The molecule has 0 radical (unpaired) electrons. The monoisotopic (exact) mass is 260 g/mol. The third-order valence-electron chi connectivity index (χ3n) is 2.33. The molecule has 0 saturated heterocycles. The molecule has 0 bridgehead atoms. The lowest BCUT2D eigenvalue weighted by Gasteiger charge is -2.10. The van der Waals surface area contributed by atoms with Gasteiger partial charge in [0.05, 0.1) is 24.2 Å². The van der Waals surface area contributed by atoms with Crippen molar-refractivity contribution < 1.29 is 18.3 Å². The Morgan fingerprint density at radius 2 is 2.12 bits per heavy atom. The molecule has 6 nitrogen and oxygen atoms in total. The Morgan fingerprint density at radius 1 is 1.53 bits per heavy atom. The average Bonchev–Trinajstić information content (AvgIpc) is 2.56. The van der Waals surface area contributed by atoms with E-state index in [-0.39, 0.29) is 23.8 Å². The van der Waals surface area contributed by atoms with Gasteiger partial charge < -0.3 is 5.11 Å². The molecular weight excluding hydrogens is 244 g/mol. The third kappa shape index (κ3) is 3.55. The third-order valence-corrected chi connectivity index (χ3v) is 3.26. The van der Waals surface area contributed by atoms with Gasteiger partial charge in [-0.05, 0) is 5.92 Å². The van der Waals surface area contributed by atoms with Crippen molar-refractivity contribution in [2.45, 2.75) is 26.3 Å². The molecule has 1 heterocycles. The first-order valence-electron chi connectivity index (χ1n) is 5.19. The van der Waals surface area contributed by atoms with E-state index in [0.29, 0.717) is 5.69 Å². The fourth-order valence-electron chi connectivity index (χ4n) is 1.60. The minimum absolute atomic E-state index is 0.0249. The van der Waals surface area contributed by atoms with Gasteiger partial charge in [-0.25, -0.2) is 13.2 Å². The van der Waals surface area contributed by atoms with Crippen LogP contribution >= 0.6 is 0 Å². The van der Waals surface area contributed by atoms with Crippen molar-refractivity contribution in [2.24, 2.45) is 0 Å². The molecule has 0 aliphatic rings. The van der Waals surface area contributed by atoms with Crippen molar-refractivity contribution in [3.8, 4) is 0 Å². The molecule has 0 amide bonds. The summed E-state index contributed by atoms with van der Waals surface area (Å²) in [5.41, 5.74) is 0.689. The quantitative estimate of drug-likeness (QED) is 0.843. The van der Waals surface area contributed by atoms with Crippen molar-refractivity contribution >= 4 is 15.8 Å². The maximum Gasteiger partial charge on any atom is 0.339 e. The molecule has 0 saturated carbocycles. The zero-order valence-electron chi connectivity index (χ0n) is 10.0. The molecule has 0 aliphatic carbocycles. The van der Waals surface area contributed by atoms with Crippen LogP contribution in [0.4, 0.5) is 0 Å². The number of sulfone groups is 1. The Kier molecular flexibility index (Phi) is 3.92. The first-order chi connectivity index (χ1) is 7.72. The van der Waals surface area contributed by atoms with Gasteiger partial charge in [0.1, 0.15) is 15.4 Å². The molecular formula is C10H16N2O4S. The number of nitrogens with zero attached hydrogens (tertiary/aromatic N) is 2. The summed E-state index contributed by atoms with van der Waals surface area (Å²) in [6.45, 7) is 3.88. The molecule has 96 valence electrons. The van der Waals surface area contributed by atoms with Gasteiger partial charge in [0, 0.05) is 6.26 Å². The van der Waals surface area contributed by atoms with Crippen LogP contribution in [0.2, 0.25) is 0 Å². The predicted octanol–water partition coefficient (Wildman–Crippen LogP) is 0.749. The molecule has 0 aliphatic heterocycles. The lowest BCUT2D eigenvalue weighted by molar-refractivity contribution is 0.0695. The van der Waals surface area contributed by atoms with Crippen molar-refractivity contribution in [3.05, 3.63) is 17.5 Å². The lowest BCUT2D eigenvalue weighted by atomic mass is 10.1. The van der Waals surface area contributed by atoms with E-state index < -0.39 is 15.8 Å². The molecule has 17 heavy (non-hydrogen) atoms. The molecule has 7 heteroatoms. The summed E-state index contributed by atoms with van der Waals surface area (Å²) in [4.78, 5) is 11.0.